The average Bonchev–Trinajstić information content (AvgIpc) is 3.54. The van der Waals surface area contributed by atoms with Gasteiger partial charge in [-0.3, -0.25) is 9.59 Å². The van der Waals surface area contributed by atoms with Gasteiger partial charge >= 0.3 is 0 Å². The summed E-state index contributed by atoms with van der Waals surface area (Å²) < 4.78 is 14.9. The second-order valence-corrected chi connectivity index (χ2v) is 7.69. The minimum absolute atomic E-state index is 0.0445. The van der Waals surface area contributed by atoms with E-state index in [9.17, 15) is 14.0 Å². The van der Waals surface area contributed by atoms with Gasteiger partial charge in [-0.05, 0) is 49.6 Å². The normalized spacial score (nSPS) is 13.1. The Hall–Kier alpha value is -3.48. The van der Waals surface area contributed by atoms with Crippen molar-refractivity contribution in [2.45, 2.75) is 32.2 Å². The van der Waals surface area contributed by atoms with Gasteiger partial charge in [-0.15, -0.1) is 0 Å². The van der Waals surface area contributed by atoms with Crippen LogP contribution in [-0.2, 0) is 11.3 Å². The zero-order valence-corrected chi connectivity index (χ0v) is 17.4. The van der Waals surface area contributed by atoms with Gasteiger partial charge in [0, 0.05) is 19.0 Å². The molecule has 160 valence electrons. The molecule has 1 aliphatic carbocycles. The zero-order chi connectivity index (χ0) is 21.8. The van der Waals surface area contributed by atoms with Gasteiger partial charge in [-0.2, -0.15) is 5.10 Å². The smallest absolute Gasteiger partial charge is 0.257 e. The van der Waals surface area contributed by atoms with Crippen LogP contribution in [0.15, 0.2) is 60.8 Å². The molecule has 7 heteroatoms. The second-order valence-electron chi connectivity index (χ2n) is 7.69. The monoisotopic (exact) mass is 420 g/mol. The van der Waals surface area contributed by atoms with E-state index in [0.717, 1.165) is 29.8 Å². The van der Waals surface area contributed by atoms with E-state index in [1.807, 2.05) is 41.9 Å². The van der Waals surface area contributed by atoms with Crippen molar-refractivity contribution < 1.29 is 14.0 Å². The van der Waals surface area contributed by atoms with Crippen molar-refractivity contribution in [3.05, 3.63) is 83.4 Å². The molecule has 0 aliphatic heterocycles. The van der Waals surface area contributed by atoms with E-state index in [1.165, 1.54) is 17.0 Å². The molecule has 0 bridgehead atoms. The molecular weight excluding hydrogens is 395 g/mol. The SMILES string of the molecule is CCN(CC(=O)NCc1ccc(F)cc1)C(=O)c1cnn(-c2ccccc2)c1C1CC1. The van der Waals surface area contributed by atoms with Crippen LogP contribution in [0.2, 0.25) is 0 Å². The maximum Gasteiger partial charge on any atom is 0.257 e. The Morgan fingerprint density at radius 2 is 1.84 bits per heavy atom. The predicted molar refractivity (Wildman–Crippen MR) is 115 cm³/mol. The van der Waals surface area contributed by atoms with Crippen molar-refractivity contribution in [1.29, 1.82) is 0 Å². The third-order valence-corrected chi connectivity index (χ3v) is 5.41. The van der Waals surface area contributed by atoms with Crippen molar-refractivity contribution in [2.24, 2.45) is 0 Å². The first-order valence-electron chi connectivity index (χ1n) is 10.5. The molecule has 0 atom stereocenters. The van der Waals surface area contributed by atoms with Gasteiger partial charge in [0.2, 0.25) is 5.91 Å². The van der Waals surface area contributed by atoms with E-state index in [-0.39, 0.29) is 30.7 Å². The van der Waals surface area contributed by atoms with Crippen LogP contribution in [0, 0.1) is 5.82 Å². The number of carbonyl (C=O) groups is 2. The molecule has 1 heterocycles. The van der Waals surface area contributed by atoms with E-state index in [0.29, 0.717) is 18.0 Å². The van der Waals surface area contributed by atoms with Gasteiger partial charge < -0.3 is 10.2 Å². The van der Waals surface area contributed by atoms with Crippen LogP contribution in [0.3, 0.4) is 0 Å². The number of rotatable bonds is 8. The van der Waals surface area contributed by atoms with Crippen LogP contribution < -0.4 is 5.32 Å². The average molecular weight is 420 g/mol. The summed E-state index contributed by atoms with van der Waals surface area (Å²) in [4.78, 5) is 27.2. The van der Waals surface area contributed by atoms with Crippen LogP contribution in [0.1, 0.15) is 47.3 Å². The summed E-state index contributed by atoms with van der Waals surface area (Å²) in [5.41, 5.74) is 3.19. The molecule has 0 unspecified atom stereocenters. The molecule has 3 aromatic rings. The fraction of sp³-hybridized carbons (Fsp3) is 0.292. The Morgan fingerprint density at radius 3 is 2.48 bits per heavy atom. The number of benzene rings is 2. The van der Waals surface area contributed by atoms with Gasteiger partial charge in [0.15, 0.2) is 0 Å². The lowest BCUT2D eigenvalue weighted by molar-refractivity contribution is -0.121. The van der Waals surface area contributed by atoms with Crippen LogP contribution in [0.25, 0.3) is 5.69 Å². The first-order chi connectivity index (χ1) is 15.1. The summed E-state index contributed by atoms with van der Waals surface area (Å²) in [6.07, 6.45) is 3.67. The molecule has 0 radical (unpaired) electrons. The van der Waals surface area contributed by atoms with E-state index in [4.69, 9.17) is 0 Å². The van der Waals surface area contributed by atoms with E-state index in [2.05, 4.69) is 10.4 Å². The number of para-hydroxylation sites is 1. The summed E-state index contributed by atoms with van der Waals surface area (Å²) in [7, 11) is 0. The van der Waals surface area contributed by atoms with Crippen LogP contribution in [0.4, 0.5) is 4.39 Å². The summed E-state index contributed by atoms with van der Waals surface area (Å²) in [5.74, 6) is -0.459. The molecule has 4 rings (SSSR count). The van der Waals surface area contributed by atoms with Crippen molar-refractivity contribution in [3.63, 3.8) is 0 Å². The number of carbonyl (C=O) groups excluding carboxylic acids is 2. The highest BCUT2D eigenvalue weighted by Gasteiger charge is 2.34. The first-order valence-corrected chi connectivity index (χ1v) is 10.5. The quantitative estimate of drug-likeness (QED) is 0.605. The number of nitrogens with one attached hydrogen (secondary N) is 1. The molecular formula is C24H25FN4O2. The molecule has 1 aliphatic rings. The lowest BCUT2D eigenvalue weighted by Crippen LogP contribution is -2.40. The molecule has 1 aromatic heterocycles. The summed E-state index contributed by atoms with van der Waals surface area (Å²) >= 11 is 0. The summed E-state index contributed by atoms with van der Waals surface area (Å²) in [5, 5.41) is 7.28. The molecule has 2 amide bonds. The first kappa shape index (κ1) is 20.8. The summed E-state index contributed by atoms with van der Waals surface area (Å²) in [6.45, 7) is 2.49. The third kappa shape index (κ3) is 4.82. The molecule has 1 fully saturated rings. The molecule has 0 spiro atoms. The van der Waals surface area contributed by atoms with Gasteiger partial charge in [0.05, 0.1) is 29.7 Å². The molecule has 1 saturated carbocycles. The van der Waals surface area contributed by atoms with Crippen LogP contribution >= 0.6 is 0 Å². The highest BCUT2D eigenvalue weighted by Crippen LogP contribution is 2.42. The number of likely N-dealkylation sites (N-methyl/N-ethyl adjacent to an activating group) is 1. The standard InChI is InChI=1S/C24H25FN4O2/c1-2-28(16-22(30)26-14-17-8-12-19(25)13-9-17)24(31)21-15-27-29(23(21)18-10-11-18)20-6-4-3-5-7-20/h3-9,12-13,15,18H,2,10-11,14,16H2,1H3,(H,26,30). The molecule has 6 nitrogen and oxygen atoms in total. The number of hydrogen-bond donors (Lipinski definition) is 1. The fourth-order valence-corrected chi connectivity index (χ4v) is 3.58. The fourth-order valence-electron chi connectivity index (χ4n) is 3.58. The molecule has 0 saturated heterocycles. The minimum atomic E-state index is -0.319. The summed E-state index contributed by atoms with van der Waals surface area (Å²) in [6, 6.07) is 15.7. The molecule has 2 aromatic carbocycles. The van der Waals surface area contributed by atoms with Gasteiger partial charge in [0.1, 0.15) is 5.82 Å². The second kappa shape index (κ2) is 9.12. The predicted octanol–water partition coefficient (Wildman–Crippen LogP) is 3.67. The molecule has 31 heavy (non-hydrogen) atoms. The van der Waals surface area contributed by atoms with E-state index < -0.39 is 0 Å². The lowest BCUT2D eigenvalue weighted by atomic mass is 10.1. The van der Waals surface area contributed by atoms with Crippen molar-refractivity contribution in [1.82, 2.24) is 20.0 Å². The third-order valence-electron chi connectivity index (χ3n) is 5.41. The lowest BCUT2D eigenvalue weighted by Gasteiger charge is -2.21. The van der Waals surface area contributed by atoms with Crippen molar-refractivity contribution >= 4 is 11.8 Å². The number of aromatic nitrogens is 2. The Labute approximate surface area is 180 Å². The zero-order valence-electron chi connectivity index (χ0n) is 17.4. The number of nitrogens with zero attached hydrogens (tertiary/aromatic N) is 3. The Kier molecular flexibility index (Phi) is 6.11. The van der Waals surface area contributed by atoms with Crippen molar-refractivity contribution in [3.8, 4) is 5.69 Å². The Bertz CT molecular complexity index is 1060. The van der Waals surface area contributed by atoms with Gasteiger partial charge in [-0.25, -0.2) is 9.07 Å². The Morgan fingerprint density at radius 1 is 1.13 bits per heavy atom. The topological polar surface area (TPSA) is 67.2 Å². The number of halogens is 1. The number of hydrogen-bond acceptors (Lipinski definition) is 3. The number of amides is 2. The molecule has 1 N–H and O–H groups in total. The van der Waals surface area contributed by atoms with E-state index >= 15 is 0 Å². The van der Waals surface area contributed by atoms with Crippen LogP contribution in [-0.4, -0.2) is 39.6 Å². The van der Waals surface area contributed by atoms with E-state index in [1.54, 1.807) is 18.3 Å². The van der Waals surface area contributed by atoms with Gasteiger partial charge in [-0.1, -0.05) is 30.3 Å². The van der Waals surface area contributed by atoms with Gasteiger partial charge in [0.25, 0.3) is 5.91 Å². The maximum atomic E-state index is 13.3. The van der Waals surface area contributed by atoms with Crippen LogP contribution in [0.5, 0.6) is 0 Å². The largest absolute Gasteiger partial charge is 0.350 e. The Balaban J connectivity index is 1.46. The highest BCUT2D eigenvalue weighted by molar-refractivity contribution is 5.97. The van der Waals surface area contributed by atoms with Crippen molar-refractivity contribution in [2.75, 3.05) is 13.1 Å². The highest BCUT2D eigenvalue weighted by atomic mass is 19.1. The maximum absolute atomic E-state index is 13.3. The minimum Gasteiger partial charge on any atom is -0.350 e.